The first kappa shape index (κ1) is 26.0. The standard InChI is InChI=1S/C28H37N3O5/c1-22-5-9-25(10-6-22)36-21-28(34-2)13-3-15-30(17-14-28)19-23-7-11-24(12-8-23)35-18-4-16-31-20-26(32)29-27(31)33/h5-12H,3-4,13-21H2,1-2H3,(H,29,32,33). The number of urea groups is 1. The number of hydrogen-bond donors (Lipinski definition) is 1. The van der Waals surface area contributed by atoms with Crippen molar-refractivity contribution in [1.82, 2.24) is 15.1 Å². The van der Waals surface area contributed by atoms with Crippen LogP contribution in [-0.4, -0.2) is 73.8 Å². The van der Waals surface area contributed by atoms with Gasteiger partial charge in [-0.05, 0) is 69.0 Å². The molecule has 0 radical (unpaired) electrons. The van der Waals surface area contributed by atoms with E-state index >= 15 is 0 Å². The minimum absolute atomic E-state index is 0.134. The zero-order valence-corrected chi connectivity index (χ0v) is 21.3. The van der Waals surface area contributed by atoms with E-state index in [0.29, 0.717) is 26.2 Å². The van der Waals surface area contributed by atoms with E-state index in [1.54, 1.807) is 7.11 Å². The van der Waals surface area contributed by atoms with E-state index in [0.717, 1.165) is 50.4 Å². The SMILES string of the molecule is COC1(COc2ccc(C)cc2)CCCN(Cc2ccc(OCCCN3CC(=O)NC3=O)cc2)CC1. The minimum atomic E-state index is -0.320. The van der Waals surface area contributed by atoms with Crippen molar-refractivity contribution in [3.63, 3.8) is 0 Å². The number of imide groups is 1. The Morgan fingerprint density at radius 3 is 2.36 bits per heavy atom. The topological polar surface area (TPSA) is 80.3 Å². The number of methoxy groups -OCH3 is 1. The Morgan fingerprint density at radius 2 is 1.67 bits per heavy atom. The second-order valence-electron chi connectivity index (χ2n) is 9.74. The second-order valence-corrected chi connectivity index (χ2v) is 9.74. The lowest BCUT2D eigenvalue weighted by molar-refractivity contribution is -0.118. The third kappa shape index (κ3) is 7.21. The number of aryl methyl sites for hydroxylation is 1. The van der Waals surface area contributed by atoms with Crippen LogP contribution in [0.25, 0.3) is 0 Å². The van der Waals surface area contributed by atoms with Gasteiger partial charge in [-0.15, -0.1) is 0 Å². The van der Waals surface area contributed by atoms with E-state index in [1.807, 2.05) is 24.3 Å². The predicted octanol–water partition coefficient (Wildman–Crippen LogP) is 3.77. The average Bonchev–Trinajstić information content (AvgIpc) is 3.07. The minimum Gasteiger partial charge on any atom is -0.494 e. The van der Waals surface area contributed by atoms with Crippen molar-refractivity contribution in [2.24, 2.45) is 0 Å². The number of amides is 3. The largest absolute Gasteiger partial charge is 0.494 e. The summed E-state index contributed by atoms with van der Waals surface area (Å²) in [5.74, 6) is 1.45. The number of nitrogens with zero attached hydrogens (tertiary/aromatic N) is 2. The summed E-state index contributed by atoms with van der Waals surface area (Å²) in [6.07, 6.45) is 3.64. The van der Waals surface area contributed by atoms with E-state index in [-0.39, 0.29) is 24.1 Å². The third-order valence-corrected chi connectivity index (χ3v) is 6.98. The van der Waals surface area contributed by atoms with Crippen molar-refractivity contribution in [2.45, 2.75) is 44.8 Å². The molecule has 2 aliphatic rings. The van der Waals surface area contributed by atoms with Crippen LogP contribution in [-0.2, 0) is 16.1 Å². The molecule has 0 spiro atoms. The maximum atomic E-state index is 11.6. The molecule has 3 amide bonds. The molecule has 0 aromatic heterocycles. The number of ether oxygens (including phenoxy) is 3. The second kappa shape index (κ2) is 12.2. The van der Waals surface area contributed by atoms with E-state index < -0.39 is 0 Å². The smallest absolute Gasteiger partial charge is 0.324 e. The van der Waals surface area contributed by atoms with Gasteiger partial charge in [0.25, 0.3) is 0 Å². The van der Waals surface area contributed by atoms with Crippen LogP contribution in [0.1, 0.15) is 36.8 Å². The van der Waals surface area contributed by atoms with Gasteiger partial charge in [0, 0.05) is 26.7 Å². The molecule has 194 valence electrons. The van der Waals surface area contributed by atoms with Gasteiger partial charge in [-0.1, -0.05) is 29.8 Å². The molecular weight excluding hydrogens is 458 g/mol. The number of likely N-dealkylation sites (tertiary alicyclic amines) is 1. The Bertz CT molecular complexity index is 1010. The lowest BCUT2D eigenvalue weighted by atomic mass is 9.95. The Hall–Kier alpha value is -3.10. The van der Waals surface area contributed by atoms with Crippen molar-refractivity contribution < 1.29 is 23.8 Å². The molecule has 8 nitrogen and oxygen atoms in total. The molecule has 2 aliphatic heterocycles. The van der Waals surface area contributed by atoms with Gasteiger partial charge in [-0.2, -0.15) is 0 Å². The summed E-state index contributed by atoms with van der Waals surface area (Å²) < 4.78 is 17.9. The van der Waals surface area contributed by atoms with E-state index in [1.165, 1.54) is 16.0 Å². The highest BCUT2D eigenvalue weighted by Crippen LogP contribution is 2.28. The summed E-state index contributed by atoms with van der Waals surface area (Å²) >= 11 is 0. The van der Waals surface area contributed by atoms with Gasteiger partial charge >= 0.3 is 6.03 Å². The van der Waals surface area contributed by atoms with Gasteiger partial charge in [0.1, 0.15) is 30.3 Å². The summed E-state index contributed by atoms with van der Waals surface area (Å²) in [5, 5.41) is 2.28. The average molecular weight is 496 g/mol. The molecule has 0 bridgehead atoms. The quantitative estimate of drug-likeness (QED) is 0.378. The van der Waals surface area contributed by atoms with Gasteiger partial charge in [0.05, 0.1) is 6.61 Å². The first-order valence-corrected chi connectivity index (χ1v) is 12.7. The summed E-state index contributed by atoms with van der Waals surface area (Å²) in [5.41, 5.74) is 2.20. The molecule has 0 saturated carbocycles. The molecule has 4 rings (SSSR count). The van der Waals surface area contributed by atoms with Gasteiger partial charge in [-0.25, -0.2) is 4.79 Å². The van der Waals surface area contributed by atoms with Crippen LogP contribution in [0.2, 0.25) is 0 Å². The van der Waals surface area contributed by atoms with Gasteiger partial charge in [0.2, 0.25) is 5.91 Å². The predicted molar refractivity (Wildman–Crippen MR) is 137 cm³/mol. The fourth-order valence-corrected chi connectivity index (χ4v) is 4.70. The Balaban J connectivity index is 1.20. The zero-order valence-electron chi connectivity index (χ0n) is 21.3. The molecule has 2 aromatic carbocycles. The maximum Gasteiger partial charge on any atom is 0.324 e. The van der Waals surface area contributed by atoms with Gasteiger partial charge in [0.15, 0.2) is 0 Å². The lowest BCUT2D eigenvalue weighted by Crippen LogP contribution is -2.39. The first-order valence-electron chi connectivity index (χ1n) is 12.7. The molecule has 1 atom stereocenters. The maximum absolute atomic E-state index is 11.6. The summed E-state index contributed by atoms with van der Waals surface area (Å²) in [4.78, 5) is 26.8. The van der Waals surface area contributed by atoms with Crippen LogP contribution >= 0.6 is 0 Å². The molecule has 1 unspecified atom stereocenters. The number of carbonyl (C=O) groups is 2. The third-order valence-electron chi connectivity index (χ3n) is 6.98. The fourth-order valence-electron chi connectivity index (χ4n) is 4.70. The molecule has 2 heterocycles. The summed E-state index contributed by atoms with van der Waals surface area (Å²) in [7, 11) is 1.80. The van der Waals surface area contributed by atoms with Crippen molar-refractivity contribution >= 4 is 11.9 Å². The molecule has 0 aliphatic carbocycles. The molecule has 2 fully saturated rings. The van der Waals surface area contributed by atoms with E-state index in [2.05, 4.69) is 41.4 Å². The molecule has 2 aromatic rings. The van der Waals surface area contributed by atoms with Crippen LogP contribution in [0.4, 0.5) is 4.79 Å². The molecule has 8 heteroatoms. The molecule has 2 saturated heterocycles. The molecule has 1 N–H and O–H groups in total. The molecular formula is C28H37N3O5. The van der Waals surface area contributed by atoms with Crippen molar-refractivity contribution in [3.8, 4) is 11.5 Å². The highest BCUT2D eigenvalue weighted by molar-refractivity contribution is 6.01. The van der Waals surface area contributed by atoms with Crippen LogP contribution in [0.15, 0.2) is 48.5 Å². The normalized spacial score (nSPS) is 20.8. The van der Waals surface area contributed by atoms with Crippen LogP contribution in [0.5, 0.6) is 11.5 Å². The fraction of sp³-hybridized carbons (Fsp3) is 0.500. The number of hydrogen-bond acceptors (Lipinski definition) is 6. The van der Waals surface area contributed by atoms with Crippen LogP contribution in [0.3, 0.4) is 0 Å². The van der Waals surface area contributed by atoms with Crippen molar-refractivity contribution in [2.75, 3.05) is 46.5 Å². The zero-order chi connectivity index (χ0) is 25.4. The molecule has 36 heavy (non-hydrogen) atoms. The number of nitrogens with one attached hydrogen (secondary N) is 1. The number of rotatable bonds is 11. The van der Waals surface area contributed by atoms with E-state index in [4.69, 9.17) is 14.2 Å². The monoisotopic (exact) mass is 495 g/mol. The van der Waals surface area contributed by atoms with Crippen LogP contribution < -0.4 is 14.8 Å². The van der Waals surface area contributed by atoms with Crippen molar-refractivity contribution in [1.29, 1.82) is 0 Å². The highest BCUT2D eigenvalue weighted by Gasteiger charge is 2.33. The lowest BCUT2D eigenvalue weighted by Gasteiger charge is -2.31. The number of benzene rings is 2. The summed E-state index contributed by atoms with van der Waals surface area (Å²) in [6.45, 7) is 6.63. The van der Waals surface area contributed by atoms with Crippen LogP contribution in [0, 0.1) is 6.92 Å². The Morgan fingerprint density at radius 1 is 0.944 bits per heavy atom. The van der Waals surface area contributed by atoms with Crippen molar-refractivity contribution in [3.05, 3.63) is 59.7 Å². The number of carbonyl (C=O) groups excluding carboxylic acids is 2. The first-order chi connectivity index (χ1) is 17.4. The Kier molecular flexibility index (Phi) is 8.83. The van der Waals surface area contributed by atoms with Gasteiger partial charge in [-0.3, -0.25) is 15.0 Å². The van der Waals surface area contributed by atoms with Gasteiger partial charge < -0.3 is 19.1 Å². The summed E-state index contributed by atoms with van der Waals surface area (Å²) in [6, 6.07) is 16.1. The Labute approximate surface area is 213 Å². The van der Waals surface area contributed by atoms with E-state index in [9.17, 15) is 9.59 Å². The highest BCUT2D eigenvalue weighted by atomic mass is 16.5.